The van der Waals surface area contributed by atoms with Gasteiger partial charge < -0.3 is 10.0 Å². The van der Waals surface area contributed by atoms with Crippen molar-refractivity contribution in [2.45, 2.75) is 32.2 Å². The Kier molecular flexibility index (Phi) is 4.94. The predicted molar refractivity (Wildman–Crippen MR) is 94.8 cm³/mol. The Morgan fingerprint density at radius 1 is 1.33 bits per heavy atom. The Labute approximate surface area is 142 Å². The summed E-state index contributed by atoms with van der Waals surface area (Å²) in [5.74, 6) is 0.189. The van der Waals surface area contributed by atoms with E-state index in [1.54, 1.807) is 12.1 Å². The van der Waals surface area contributed by atoms with Gasteiger partial charge in [0, 0.05) is 17.7 Å². The number of amides is 1. The highest BCUT2D eigenvalue weighted by Gasteiger charge is 2.25. The zero-order valence-electron chi connectivity index (χ0n) is 13.9. The first kappa shape index (κ1) is 16.2. The van der Waals surface area contributed by atoms with Gasteiger partial charge in [-0.3, -0.25) is 9.78 Å². The van der Waals surface area contributed by atoms with Crippen molar-refractivity contribution in [3.05, 3.63) is 60.3 Å². The van der Waals surface area contributed by atoms with Crippen LogP contribution >= 0.6 is 0 Å². The maximum atomic E-state index is 12.9. The van der Waals surface area contributed by atoms with E-state index < -0.39 is 0 Å². The molecule has 0 fully saturated rings. The van der Waals surface area contributed by atoms with E-state index in [0.29, 0.717) is 12.1 Å². The Morgan fingerprint density at radius 2 is 2.21 bits per heavy atom. The average molecular weight is 322 g/mol. The van der Waals surface area contributed by atoms with Crippen LogP contribution in [0.4, 0.5) is 0 Å². The summed E-state index contributed by atoms with van der Waals surface area (Å²) in [6, 6.07) is 11.1. The second-order valence-electron chi connectivity index (χ2n) is 6.08. The molecule has 2 aromatic rings. The molecule has 124 valence electrons. The van der Waals surface area contributed by atoms with Crippen molar-refractivity contribution in [2.24, 2.45) is 0 Å². The fourth-order valence-electron chi connectivity index (χ4n) is 3.00. The molecule has 1 N–H and O–H groups in total. The Morgan fingerprint density at radius 3 is 2.96 bits per heavy atom. The number of hydrogen-bond acceptors (Lipinski definition) is 3. The summed E-state index contributed by atoms with van der Waals surface area (Å²) < 4.78 is 0. The van der Waals surface area contributed by atoms with Crippen molar-refractivity contribution in [2.75, 3.05) is 6.54 Å². The van der Waals surface area contributed by atoms with Crippen LogP contribution in [0, 0.1) is 0 Å². The van der Waals surface area contributed by atoms with Gasteiger partial charge in [0.1, 0.15) is 5.75 Å². The van der Waals surface area contributed by atoms with E-state index in [0.717, 1.165) is 30.5 Å². The maximum Gasteiger partial charge on any atom is 0.254 e. The van der Waals surface area contributed by atoms with Crippen LogP contribution in [0.3, 0.4) is 0 Å². The normalized spacial score (nSPS) is 16.5. The summed E-state index contributed by atoms with van der Waals surface area (Å²) in [6.07, 6.45) is 8.89. The lowest BCUT2D eigenvalue weighted by atomic mass is 10.1. The minimum atomic E-state index is 0.0572. The molecule has 2 heterocycles. The molecule has 4 nitrogen and oxygen atoms in total. The van der Waals surface area contributed by atoms with Gasteiger partial charge in [0.25, 0.3) is 5.91 Å². The van der Waals surface area contributed by atoms with Gasteiger partial charge in [-0.1, -0.05) is 44.1 Å². The number of benzene rings is 1. The first-order valence-electron chi connectivity index (χ1n) is 8.42. The molecule has 24 heavy (non-hydrogen) atoms. The van der Waals surface area contributed by atoms with Crippen molar-refractivity contribution in [1.82, 2.24) is 9.88 Å². The van der Waals surface area contributed by atoms with Crippen LogP contribution in [0.5, 0.6) is 5.75 Å². The molecule has 1 amide bonds. The van der Waals surface area contributed by atoms with Gasteiger partial charge in [0.05, 0.1) is 17.9 Å². The second kappa shape index (κ2) is 7.30. The van der Waals surface area contributed by atoms with Crippen LogP contribution in [0.1, 0.15) is 36.5 Å². The monoisotopic (exact) mass is 322 g/mol. The van der Waals surface area contributed by atoms with Crippen molar-refractivity contribution < 1.29 is 9.90 Å². The number of hydrogen-bond donors (Lipinski definition) is 1. The Bertz CT molecular complexity index is 738. The molecule has 0 radical (unpaired) electrons. The van der Waals surface area contributed by atoms with E-state index in [9.17, 15) is 9.90 Å². The first-order chi connectivity index (χ1) is 11.7. The third-order valence-corrected chi connectivity index (χ3v) is 4.33. The zero-order chi connectivity index (χ0) is 16.9. The molecule has 0 aliphatic carbocycles. The zero-order valence-corrected chi connectivity index (χ0v) is 13.9. The highest BCUT2D eigenvalue weighted by Crippen LogP contribution is 2.23. The molecule has 1 atom stereocenters. The first-order valence-corrected chi connectivity index (χ1v) is 8.42. The smallest absolute Gasteiger partial charge is 0.254 e. The van der Waals surface area contributed by atoms with Crippen molar-refractivity contribution >= 4 is 5.91 Å². The fraction of sp³-hybridized carbons (Fsp3) is 0.300. The standard InChI is InChI=1S/C20H22N2O2/c1-2-3-8-17-9-5-12-22(17)20(24)16-7-4-6-15(13-16)19-11-10-18(23)14-21-19/h4-7,9-11,13-14,17,23H,2-3,8,12H2,1H3/t17-/m0/s1. The van der Waals surface area contributed by atoms with Crippen molar-refractivity contribution in [3.8, 4) is 17.0 Å². The quantitative estimate of drug-likeness (QED) is 0.846. The van der Waals surface area contributed by atoms with Crippen molar-refractivity contribution in [3.63, 3.8) is 0 Å². The molecule has 0 spiro atoms. The van der Waals surface area contributed by atoms with E-state index in [1.165, 1.54) is 6.20 Å². The molecule has 1 aromatic heterocycles. The minimum absolute atomic E-state index is 0.0572. The molecule has 3 rings (SSSR count). The van der Waals surface area contributed by atoms with Gasteiger partial charge >= 0.3 is 0 Å². The van der Waals surface area contributed by atoms with Gasteiger partial charge in [-0.15, -0.1) is 0 Å². The van der Waals surface area contributed by atoms with Gasteiger partial charge in [-0.05, 0) is 30.7 Å². The topological polar surface area (TPSA) is 53.4 Å². The fourth-order valence-corrected chi connectivity index (χ4v) is 3.00. The molecular formula is C20H22N2O2. The third kappa shape index (κ3) is 3.48. The van der Waals surface area contributed by atoms with E-state index in [-0.39, 0.29) is 17.7 Å². The number of aromatic nitrogens is 1. The molecule has 0 bridgehead atoms. The number of aromatic hydroxyl groups is 1. The summed E-state index contributed by atoms with van der Waals surface area (Å²) in [5, 5.41) is 9.36. The van der Waals surface area contributed by atoms with Gasteiger partial charge in [0.2, 0.25) is 0 Å². The Balaban J connectivity index is 1.80. The summed E-state index contributed by atoms with van der Waals surface area (Å²) in [4.78, 5) is 19.0. The highest BCUT2D eigenvalue weighted by atomic mass is 16.3. The van der Waals surface area contributed by atoms with E-state index >= 15 is 0 Å². The van der Waals surface area contributed by atoms with Gasteiger partial charge in [-0.25, -0.2) is 0 Å². The number of unbranched alkanes of at least 4 members (excludes halogenated alkanes) is 1. The molecule has 4 heteroatoms. The number of carbonyl (C=O) groups is 1. The van der Waals surface area contributed by atoms with Crippen LogP contribution in [-0.2, 0) is 0 Å². The maximum absolute atomic E-state index is 12.9. The van der Waals surface area contributed by atoms with Crippen LogP contribution < -0.4 is 0 Å². The highest BCUT2D eigenvalue weighted by molar-refractivity contribution is 5.96. The largest absolute Gasteiger partial charge is 0.506 e. The molecule has 1 aliphatic heterocycles. The van der Waals surface area contributed by atoms with Crippen molar-refractivity contribution in [1.29, 1.82) is 0 Å². The molecule has 1 aromatic carbocycles. The average Bonchev–Trinajstić information content (AvgIpc) is 3.08. The number of rotatable bonds is 5. The predicted octanol–water partition coefficient (Wildman–Crippen LogP) is 4.03. The van der Waals surface area contributed by atoms with E-state index in [1.807, 2.05) is 29.2 Å². The molecule has 0 saturated carbocycles. The lowest BCUT2D eigenvalue weighted by Crippen LogP contribution is -2.36. The summed E-state index contributed by atoms with van der Waals surface area (Å²) in [6.45, 7) is 2.84. The SMILES string of the molecule is CCCC[C@H]1C=CCN1C(=O)c1cccc(-c2ccc(O)cn2)c1. The van der Waals surface area contributed by atoms with E-state index in [4.69, 9.17) is 0 Å². The number of carbonyl (C=O) groups excluding carboxylic acids is 1. The second-order valence-corrected chi connectivity index (χ2v) is 6.08. The lowest BCUT2D eigenvalue weighted by Gasteiger charge is -2.25. The molecular weight excluding hydrogens is 300 g/mol. The summed E-state index contributed by atoms with van der Waals surface area (Å²) in [7, 11) is 0. The Hall–Kier alpha value is -2.62. The number of nitrogens with zero attached hydrogens (tertiary/aromatic N) is 2. The van der Waals surface area contributed by atoms with Crippen LogP contribution in [0.2, 0.25) is 0 Å². The number of pyridine rings is 1. The minimum Gasteiger partial charge on any atom is -0.506 e. The summed E-state index contributed by atoms with van der Waals surface area (Å²) in [5.41, 5.74) is 2.29. The summed E-state index contributed by atoms with van der Waals surface area (Å²) >= 11 is 0. The third-order valence-electron chi connectivity index (χ3n) is 4.33. The molecule has 0 saturated heterocycles. The molecule has 0 unspecified atom stereocenters. The van der Waals surface area contributed by atoms with Crippen LogP contribution in [0.25, 0.3) is 11.3 Å². The van der Waals surface area contributed by atoms with Crippen LogP contribution in [0.15, 0.2) is 54.7 Å². The van der Waals surface area contributed by atoms with Gasteiger partial charge in [0.15, 0.2) is 0 Å². The van der Waals surface area contributed by atoms with Gasteiger partial charge in [-0.2, -0.15) is 0 Å². The lowest BCUT2D eigenvalue weighted by molar-refractivity contribution is 0.0743. The van der Waals surface area contributed by atoms with E-state index in [2.05, 4.69) is 24.1 Å². The molecule has 1 aliphatic rings. The van der Waals surface area contributed by atoms with Crippen LogP contribution in [-0.4, -0.2) is 33.5 Å².